The number of carboxylic acid groups (broad SMARTS) is 1. The molecule has 1 saturated heterocycles. The van der Waals surface area contributed by atoms with Crippen LogP contribution in [0.4, 0.5) is 9.18 Å². The van der Waals surface area contributed by atoms with Crippen LogP contribution in [0.25, 0.3) is 0 Å². The Kier molecular flexibility index (Phi) is 8.24. The molecule has 5 rings (SSSR count). The van der Waals surface area contributed by atoms with E-state index in [4.69, 9.17) is 4.74 Å². The summed E-state index contributed by atoms with van der Waals surface area (Å²) in [5.41, 5.74) is 1.54. The van der Waals surface area contributed by atoms with Crippen molar-refractivity contribution in [2.75, 3.05) is 52.9 Å². The maximum atomic E-state index is 13.6. The minimum atomic E-state index is -1.22. The average molecular weight is 514 g/mol. The second kappa shape index (κ2) is 11.6. The SMILES string of the molecule is CNCCN1CCN(C(C)=O)CC1.O=C(O)N1N=C2c3cc(F)ccc3OC[C@@H]2[C@H]1c1cccc(O)c1. The molecule has 0 aliphatic carbocycles. The quantitative estimate of drug-likeness (QED) is 0.575. The lowest BCUT2D eigenvalue weighted by molar-refractivity contribution is -0.130. The van der Waals surface area contributed by atoms with Crippen molar-refractivity contribution < 1.29 is 28.9 Å². The van der Waals surface area contributed by atoms with Crippen molar-refractivity contribution in [2.24, 2.45) is 11.0 Å². The van der Waals surface area contributed by atoms with Gasteiger partial charge in [0.05, 0.1) is 24.3 Å². The van der Waals surface area contributed by atoms with E-state index in [-0.39, 0.29) is 24.2 Å². The van der Waals surface area contributed by atoms with Crippen molar-refractivity contribution in [2.45, 2.75) is 13.0 Å². The number of benzene rings is 2. The fraction of sp³-hybridized carbons (Fsp3) is 0.423. The van der Waals surface area contributed by atoms with Gasteiger partial charge in [-0.2, -0.15) is 10.1 Å². The number of carbonyl (C=O) groups excluding carboxylic acids is 1. The van der Waals surface area contributed by atoms with Crippen LogP contribution in [-0.2, 0) is 4.79 Å². The molecule has 3 aliphatic rings. The summed E-state index contributed by atoms with van der Waals surface area (Å²) in [6, 6.07) is 9.83. The molecule has 0 unspecified atom stereocenters. The molecule has 10 nitrogen and oxygen atoms in total. The molecule has 198 valence electrons. The predicted molar refractivity (Wildman–Crippen MR) is 135 cm³/mol. The molecule has 3 heterocycles. The average Bonchev–Trinajstić information content (AvgIpc) is 3.29. The van der Waals surface area contributed by atoms with Gasteiger partial charge in [-0.3, -0.25) is 9.69 Å². The third-order valence-electron chi connectivity index (χ3n) is 6.75. The summed E-state index contributed by atoms with van der Waals surface area (Å²) >= 11 is 0. The number of nitrogens with zero attached hydrogens (tertiary/aromatic N) is 4. The first-order chi connectivity index (χ1) is 17.8. The van der Waals surface area contributed by atoms with Crippen LogP contribution >= 0.6 is 0 Å². The monoisotopic (exact) mass is 513 g/mol. The third-order valence-corrected chi connectivity index (χ3v) is 6.75. The van der Waals surface area contributed by atoms with E-state index in [0.29, 0.717) is 22.6 Å². The van der Waals surface area contributed by atoms with Gasteiger partial charge in [0.25, 0.3) is 0 Å². The fourth-order valence-electron chi connectivity index (χ4n) is 4.80. The van der Waals surface area contributed by atoms with Gasteiger partial charge in [-0.15, -0.1) is 0 Å². The number of nitrogens with one attached hydrogen (secondary N) is 1. The molecule has 3 aliphatic heterocycles. The van der Waals surface area contributed by atoms with Gasteiger partial charge in [-0.1, -0.05) is 12.1 Å². The number of ether oxygens (including phenoxy) is 1. The van der Waals surface area contributed by atoms with Gasteiger partial charge in [0, 0.05) is 51.8 Å². The normalized spacial score (nSPS) is 20.7. The van der Waals surface area contributed by atoms with Crippen LogP contribution in [0, 0.1) is 11.7 Å². The molecule has 3 N–H and O–H groups in total. The number of hydrogen-bond acceptors (Lipinski definition) is 7. The molecule has 0 bridgehead atoms. The molecule has 1 fully saturated rings. The molecule has 0 radical (unpaired) electrons. The minimum Gasteiger partial charge on any atom is -0.508 e. The smallest absolute Gasteiger partial charge is 0.428 e. The number of hydrogen-bond donors (Lipinski definition) is 3. The molecule has 0 spiro atoms. The lowest BCUT2D eigenvalue weighted by Crippen LogP contribution is -2.49. The van der Waals surface area contributed by atoms with E-state index in [9.17, 15) is 24.2 Å². The zero-order chi connectivity index (χ0) is 26.5. The number of amides is 2. The van der Waals surface area contributed by atoms with Crippen LogP contribution in [0.5, 0.6) is 11.5 Å². The number of likely N-dealkylation sites (N-methyl/N-ethyl adjacent to an activating group) is 1. The van der Waals surface area contributed by atoms with Crippen molar-refractivity contribution in [3.8, 4) is 11.5 Å². The number of fused-ring (bicyclic) bond motifs is 3. The molecule has 2 amide bonds. The van der Waals surface area contributed by atoms with Gasteiger partial charge in [0.15, 0.2) is 0 Å². The first-order valence-electron chi connectivity index (χ1n) is 12.2. The Labute approximate surface area is 214 Å². The van der Waals surface area contributed by atoms with E-state index < -0.39 is 18.0 Å². The molecule has 2 aromatic carbocycles. The number of rotatable bonds is 4. The minimum absolute atomic E-state index is 0.0365. The molecule has 0 saturated carbocycles. The number of carbonyl (C=O) groups is 2. The first-order valence-corrected chi connectivity index (χ1v) is 12.2. The number of halogens is 1. The Morgan fingerprint density at radius 3 is 2.57 bits per heavy atom. The van der Waals surface area contributed by atoms with Crippen LogP contribution in [-0.4, -0.2) is 95.7 Å². The van der Waals surface area contributed by atoms with Gasteiger partial charge in [-0.05, 0) is 42.9 Å². The Morgan fingerprint density at radius 1 is 1.16 bits per heavy atom. The second-order valence-corrected chi connectivity index (χ2v) is 9.16. The molecule has 11 heteroatoms. The van der Waals surface area contributed by atoms with Gasteiger partial charge in [-0.25, -0.2) is 9.18 Å². The largest absolute Gasteiger partial charge is 0.508 e. The number of phenols is 1. The highest BCUT2D eigenvalue weighted by Gasteiger charge is 2.45. The molecule has 37 heavy (non-hydrogen) atoms. The molecule has 2 atom stereocenters. The van der Waals surface area contributed by atoms with Gasteiger partial charge in [0.2, 0.25) is 5.91 Å². The number of piperazine rings is 1. The summed E-state index contributed by atoms with van der Waals surface area (Å²) in [5.74, 6) is -0.100. The van der Waals surface area contributed by atoms with Crippen LogP contribution in [0.3, 0.4) is 0 Å². The summed E-state index contributed by atoms with van der Waals surface area (Å²) in [6.45, 7) is 7.79. The first kappa shape index (κ1) is 26.4. The number of phenolic OH excluding ortho intramolecular Hbond substituents is 1. The van der Waals surface area contributed by atoms with Crippen molar-refractivity contribution in [3.63, 3.8) is 0 Å². The van der Waals surface area contributed by atoms with Crippen LogP contribution in [0.2, 0.25) is 0 Å². The molecule has 2 aromatic rings. The van der Waals surface area contributed by atoms with Crippen molar-refractivity contribution >= 4 is 17.7 Å². The highest BCUT2D eigenvalue weighted by atomic mass is 19.1. The lowest BCUT2D eigenvalue weighted by Gasteiger charge is -2.34. The molecular weight excluding hydrogens is 481 g/mol. The van der Waals surface area contributed by atoms with E-state index in [1.165, 1.54) is 30.3 Å². The van der Waals surface area contributed by atoms with E-state index in [2.05, 4.69) is 15.3 Å². The van der Waals surface area contributed by atoms with Gasteiger partial charge >= 0.3 is 6.09 Å². The van der Waals surface area contributed by atoms with E-state index >= 15 is 0 Å². The Hall–Kier alpha value is -3.70. The predicted octanol–water partition coefficient (Wildman–Crippen LogP) is 2.35. The maximum Gasteiger partial charge on any atom is 0.428 e. The summed E-state index contributed by atoms with van der Waals surface area (Å²) in [7, 11) is 1.96. The Morgan fingerprint density at radius 2 is 1.92 bits per heavy atom. The van der Waals surface area contributed by atoms with Gasteiger partial charge in [0.1, 0.15) is 17.3 Å². The topological polar surface area (TPSA) is 118 Å². The molecular formula is C26H32FN5O5. The van der Waals surface area contributed by atoms with Crippen molar-refractivity contribution in [1.82, 2.24) is 20.1 Å². The maximum absolute atomic E-state index is 13.6. The van der Waals surface area contributed by atoms with Gasteiger partial charge < -0.3 is 25.2 Å². The van der Waals surface area contributed by atoms with Crippen LogP contribution in [0.1, 0.15) is 24.1 Å². The van der Waals surface area contributed by atoms with Crippen molar-refractivity contribution in [1.29, 1.82) is 0 Å². The highest BCUT2D eigenvalue weighted by molar-refractivity contribution is 6.07. The Bertz CT molecular complexity index is 1170. The summed E-state index contributed by atoms with van der Waals surface area (Å²) < 4.78 is 19.3. The fourth-order valence-corrected chi connectivity index (χ4v) is 4.80. The highest BCUT2D eigenvalue weighted by Crippen LogP contribution is 2.43. The zero-order valence-corrected chi connectivity index (χ0v) is 20.9. The van der Waals surface area contributed by atoms with Crippen molar-refractivity contribution in [3.05, 3.63) is 59.4 Å². The standard InChI is InChI=1S/C17H13FN2O4.C9H19N3O/c18-10-4-5-14-12(7-10)15-13(8-24-14)16(20(19-15)17(22)23)9-2-1-3-11(21)6-9;1-9(13)12-7-5-11(6-8-12)4-3-10-2/h1-7,13,16,21H,8H2,(H,22,23);10H,3-8H2,1-2H3/t13-,16+;/m0./s1. The van der Waals surface area contributed by atoms with Crippen LogP contribution in [0.15, 0.2) is 47.6 Å². The second-order valence-electron chi connectivity index (χ2n) is 9.16. The Balaban J connectivity index is 0.000000209. The summed E-state index contributed by atoms with van der Waals surface area (Å²) in [4.78, 5) is 26.9. The molecule has 0 aromatic heterocycles. The zero-order valence-electron chi connectivity index (χ0n) is 20.9. The lowest BCUT2D eigenvalue weighted by atomic mass is 9.86. The summed E-state index contributed by atoms with van der Waals surface area (Å²) in [6.07, 6.45) is -1.22. The van der Waals surface area contributed by atoms with E-state index in [1.807, 2.05) is 11.9 Å². The van der Waals surface area contributed by atoms with E-state index in [0.717, 1.165) is 44.3 Å². The van der Waals surface area contributed by atoms with Crippen LogP contribution < -0.4 is 10.1 Å². The van der Waals surface area contributed by atoms with E-state index in [1.54, 1.807) is 19.1 Å². The third kappa shape index (κ3) is 6.00. The number of hydrazone groups is 1. The number of aromatic hydroxyl groups is 1. The summed E-state index contributed by atoms with van der Waals surface area (Å²) in [5, 5.41) is 27.5.